The van der Waals surface area contributed by atoms with Gasteiger partial charge in [0, 0.05) is 0 Å². The number of hydrogen-bond donors (Lipinski definition) is 0. The summed E-state index contributed by atoms with van der Waals surface area (Å²) in [6.07, 6.45) is 0. The molecule has 0 amide bonds. The lowest BCUT2D eigenvalue weighted by Gasteiger charge is -2.22. The average molecular weight is 659 g/mol. The van der Waals surface area contributed by atoms with E-state index in [0.29, 0.717) is 0 Å². The molecule has 52 heavy (non-hydrogen) atoms. The highest BCUT2D eigenvalue weighted by atomic mass is 14.2. The molecule has 0 radical (unpaired) electrons. The molecule has 0 aromatic heterocycles. The highest BCUT2D eigenvalue weighted by Crippen LogP contribution is 2.50. The van der Waals surface area contributed by atoms with Crippen LogP contribution in [0, 0.1) is 0 Å². The maximum atomic E-state index is 2.38. The zero-order valence-electron chi connectivity index (χ0n) is 28.6. The fraction of sp³-hybridized carbons (Fsp3) is 0. The smallest absolute Gasteiger partial charge is 0.000786 e. The summed E-state index contributed by atoms with van der Waals surface area (Å²) in [6.45, 7) is 0. The van der Waals surface area contributed by atoms with Crippen LogP contribution in [0.3, 0.4) is 0 Å². The van der Waals surface area contributed by atoms with Crippen LogP contribution < -0.4 is 0 Å². The first-order valence-electron chi connectivity index (χ1n) is 18.0. The minimum absolute atomic E-state index is 1.22. The molecule has 0 aliphatic carbocycles. The van der Waals surface area contributed by atoms with Crippen molar-refractivity contribution in [1.82, 2.24) is 0 Å². The van der Waals surface area contributed by atoms with Crippen LogP contribution in [0.25, 0.3) is 98.7 Å². The lowest BCUT2D eigenvalue weighted by atomic mass is 9.81. The summed E-state index contributed by atoms with van der Waals surface area (Å²) in [5.41, 5.74) is 12.4. The second-order valence-corrected chi connectivity index (χ2v) is 13.6. The van der Waals surface area contributed by atoms with E-state index >= 15 is 0 Å². The molecule has 0 atom stereocenters. The van der Waals surface area contributed by atoms with Crippen LogP contribution in [0.15, 0.2) is 206 Å². The molecule has 0 unspecified atom stereocenters. The van der Waals surface area contributed by atoms with E-state index < -0.39 is 0 Å². The Morgan fingerprint density at radius 1 is 0.212 bits per heavy atom. The number of rotatable bonds is 5. The Kier molecular flexibility index (Phi) is 7.25. The van der Waals surface area contributed by atoms with Gasteiger partial charge in [0.05, 0.1) is 0 Å². The zero-order valence-corrected chi connectivity index (χ0v) is 28.6. The van der Waals surface area contributed by atoms with Gasteiger partial charge in [-0.15, -0.1) is 0 Å². The van der Waals surface area contributed by atoms with Gasteiger partial charge >= 0.3 is 0 Å². The number of fused-ring (bicyclic) bond motifs is 4. The summed E-state index contributed by atoms with van der Waals surface area (Å²) in [5.74, 6) is 0. The van der Waals surface area contributed by atoms with Gasteiger partial charge in [-0.2, -0.15) is 0 Å². The van der Waals surface area contributed by atoms with Gasteiger partial charge in [0.1, 0.15) is 0 Å². The van der Waals surface area contributed by atoms with Crippen molar-refractivity contribution in [1.29, 1.82) is 0 Å². The topological polar surface area (TPSA) is 0 Å². The highest BCUT2D eigenvalue weighted by Gasteiger charge is 2.22. The van der Waals surface area contributed by atoms with E-state index in [0.717, 1.165) is 0 Å². The summed E-state index contributed by atoms with van der Waals surface area (Å²) in [4.78, 5) is 0. The van der Waals surface area contributed by atoms with Crippen molar-refractivity contribution >= 4 is 43.1 Å². The molecule has 10 rings (SSSR count). The van der Waals surface area contributed by atoms with Crippen molar-refractivity contribution in [3.05, 3.63) is 206 Å². The van der Waals surface area contributed by atoms with Gasteiger partial charge < -0.3 is 0 Å². The predicted octanol–water partition coefficient (Wildman–Crippen LogP) is 14.6. The Balaban J connectivity index is 1.41. The standard InChI is InChI=1S/C52H34/c1-3-17-35(18-4-1)41-25-11-13-29-45(41)47-31-15-23-39-33-37-21-7-9-27-43(37)51(49(39)47)52-44-28-10-8-22-38(44)34-40-24-16-32-48(50(40)52)46-30-14-12-26-42(46)36-19-5-2-6-20-36/h1-34H. The molecule has 0 saturated carbocycles. The van der Waals surface area contributed by atoms with E-state index in [9.17, 15) is 0 Å². The Bertz CT molecular complexity index is 2730. The molecule has 0 fully saturated rings. The Labute approximate surface area is 303 Å². The highest BCUT2D eigenvalue weighted by molar-refractivity contribution is 6.28. The molecule has 10 aromatic rings. The van der Waals surface area contributed by atoms with E-state index in [1.807, 2.05) is 0 Å². The van der Waals surface area contributed by atoms with Gasteiger partial charge in [-0.3, -0.25) is 0 Å². The van der Waals surface area contributed by atoms with E-state index in [-0.39, 0.29) is 0 Å². The molecule has 10 aromatic carbocycles. The summed E-state index contributed by atoms with van der Waals surface area (Å²) in [6, 6.07) is 75.6. The molecule has 0 aliphatic rings. The fourth-order valence-corrected chi connectivity index (χ4v) is 8.39. The lowest BCUT2D eigenvalue weighted by Crippen LogP contribution is -1.95. The van der Waals surface area contributed by atoms with Crippen molar-refractivity contribution < 1.29 is 0 Å². The SMILES string of the molecule is c1ccc(-c2ccccc2-c2cccc3cc4ccccc4c(-c4c5ccccc5cc5cccc(-c6ccccc6-c6ccccc6)c45)c23)cc1. The summed E-state index contributed by atoms with van der Waals surface area (Å²) < 4.78 is 0. The van der Waals surface area contributed by atoms with Crippen LogP contribution in [-0.2, 0) is 0 Å². The van der Waals surface area contributed by atoms with E-state index in [2.05, 4.69) is 206 Å². The Morgan fingerprint density at radius 3 is 0.981 bits per heavy atom. The molecule has 0 aliphatic heterocycles. The van der Waals surface area contributed by atoms with Crippen molar-refractivity contribution in [2.45, 2.75) is 0 Å². The van der Waals surface area contributed by atoms with Crippen LogP contribution in [0.2, 0.25) is 0 Å². The van der Waals surface area contributed by atoms with Crippen molar-refractivity contribution in [2.24, 2.45) is 0 Å². The summed E-state index contributed by atoms with van der Waals surface area (Å²) in [5, 5.41) is 9.99. The molecule has 0 heterocycles. The maximum absolute atomic E-state index is 2.38. The van der Waals surface area contributed by atoms with Crippen LogP contribution in [-0.4, -0.2) is 0 Å². The largest absolute Gasteiger partial charge is 0.0622 e. The van der Waals surface area contributed by atoms with Crippen molar-refractivity contribution in [3.63, 3.8) is 0 Å². The van der Waals surface area contributed by atoms with Crippen LogP contribution in [0.5, 0.6) is 0 Å². The van der Waals surface area contributed by atoms with Crippen molar-refractivity contribution in [3.8, 4) is 55.6 Å². The van der Waals surface area contributed by atoms with Gasteiger partial charge in [-0.05, 0) is 111 Å². The second kappa shape index (κ2) is 12.5. The summed E-state index contributed by atoms with van der Waals surface area (Å²) >= 11 is 0. The molecule has 0 saturated heterocycles. The lowest BCUT2D eigenvalue weighted by molar-refractivity contribution is 1.60. The minimum Gasteiger partial charge on any atom is -0.0622 e. The number of hydrogen-bond acceptors (Lipinski definition) is 0. The van der Waals surface area contributed by atoms with Gasteiger partial charge in [0.2, 0.25) is 0 Å². The second-order valence-electron chi connectivity index (χ2n) is 13.6. The van der Waals surface area contributed by atoms with E-state index in [1.54, 1.807) is 0 Å². The molecular weight excluding hydrogens is 625 g/mol. The first-order valence-corrected chi connectivity index (χ1v) is 18.0. The van der Waals surface area contributed by atoms with Gasteiger partial charge in [-0.1, -0.05) is 194 Å². The van der Waals surface area contributed by atoms with Gasteiger partial charge in [0.25, 0.3) is 0 Å². The molecule has 0 spiro atoms. The Hall–Kier alpha value is -6.76. The molecule has 0 heteroatoms. The summed E-state index contributed by atoms with van der Waals surface area (Å²) in [7, 11) is 0. The third-order valence-electron chi connectivity index (χ3n) is 10.6. The monoisotopic (exact) mass is 658 g/mol. The predicted molar refractivity (Wildman–Crippen MR) is 224 cm³/mol. The van der Waals surface area contributed by atoms with Crippen LogP contribution >= 0.6 is 0 Å². The number of benzene rings is 10. The molecule has 0 nitrogen and oxygen atoms in total. The first-order chi connectivity index (χ1) is 25.8. The van der Waals surface area contributed by atoms with E-state index in [1.165, 1.54) is 98.7 Å². The van der Waals surface area contributed by atoms with E-state index in [4.69, 9.17) is 0 Å². The fourth-order valence-electron chi connectivity index (χ4n) is 8.39. The maximum Gasteiger partial charge on any atom is -0.000786 e. The minimum atomic E-state index is 1.22. The van der Waals surface area contributed by atoms with Crippen LogP contribution in [0.1, 0.15) is 0 Å². The molecular formula is C52H34. The van der Waals surface area contributed by atoms with Crippen molar-refractivity contribution in [2.75, 3.05) is 0 Å². The zero-order chi connectivity index (χ0) is 34.4. The third kappa shape index (κ3) is 4.92. The first kappa shape index (κ1) is 30.1. The quantitative estimate of drug-likeness (QED) is 0.161. The third-order valence-corrected chi connectivity index (χ3v) is 10.6. The molecule has 0 bridgehead atoms. The van der Waals surface area contributed by atoms with Gasteiger partial charge in [-0.25, -0.2) is 0 Å². The van der Waals surface area contributed by atoms with Crippen LogP contribution in [0.4, 0.5) is 0 Å². The average Bonchev–Trinajstić information content (AvgIpc) is 3.22. The normalized spacial score (nSPS) is 11.5. The van der Waals surface area contributed by atoms with Gasteiger partial charge in [0.15, 0.2) is 0 Å². The Morgan fingerprint density at radius 2 is 0.538 bits per heavy atom. The molecule has 242 valence electrons. The molecule has 0 N–H and O–H groups in total.